The van der Waals surface area contributed by atoms with E-state index in [4.69, 9.17) is 16.3 Å². The Morgan fingerprint density at radius 1 is 1.03 bits per heavy atom. The SMILES string of the molecule is CN1C(=O)C2(C(=C(O)c3ccc(Cl)cc3)C(=O)C(=O)N2CCN2CCOCC2)c2ccccc21. The number of carbonyl (C=O) groups excluding carboxylic acids is 3. The molecule has 0 saturated carbocycles. The van der Waals surface area contributed by atoms with E-state index in [2.05, 4.69) is 4.90 Å². The second-order valence-electron chi connectivity index (χ2n) is 8.56. The molecule has 2 saturated heterocycles. The van der Waals surface area contributed by atoms with Crippen LogP contribution in [0.4, 0.5) is 5.69 Å². The van der Waals surface area contributed by atoms with Crippen molar-refractivity contribution in [3.63, 3.8) is 0 Å². The van der Waals surface area contributed by atoms with Crippen LogP contribution < -0.4 is 4.90 Å². The van der Waals surface area contributed by atoms with Crippen molar-refractivity contribution in [2.24, 2.45) is 0 Å². The summed E-state index contributed by atoms with van der Waals surface area (Å²) in [4.78, 5) is 45.7. The zero-order valence-electron chi connectivity index (χ0n) is 18.7. The number of anilines is 1. The van der Waals surface area contributed by atoms with Gasteiger partial charge in [0.05, 0.1) is 18.8 Å². The van der Waals surface area contributed by atoms with Crippen molar-refractivity contribution in [1.82, 2.24) is 9.80 Å². The largest absolute Gasteiger partial charge is 0.507 e. The number of carbonyl (C=O) groups is 3. The molecule has 0 aliphatic carbocycles. The highest BCUT2D eigenvalue weighted by Crippen LogP contribution is 2.53. The third-order valence-electron chi connectivity index (χ3n) is 6.80. The van der Waals surface area contributed by atoms with Crippen molar-refractivity contribution in [1.29, 1.82) is 0 Å². The minimum atomic E-state index is -1.74. The van der Waals surface area contributed by atoms with E-state index in [9.17, 15) is 19.5 Å². The molecule has 1 N–H and O–H groups in total. The van der Waals surface area contributed by atoms with E-state index in [-0.39, 0.29) is 12.1 Å². The van der Waals surface area contributed by atoms with Crippen LogP contribution in [-0.2, 0) is 24.7 Å². The summed E-state index contributed by atoms with van der Waals surface area (Å²) >= 11 is 5.99. The molecule has 0 bridgehead atoms. The number of para-hydroxylation sites is 1. The van der Waals surface area contributed by atoms with E-state index in [1.54, 1.807) is 55.6 Å². The topological polar surface area (TPSA) is 90.4 Å². The van der Waals surface area contributed by atoms with Gasteiger partial charge in [0, 0.05) is 55.1 Å². The summed E-state index contributed by atoms with van der Waals surface area (Å²) in [6.07, 6.45) is 0. The van der Waals surface area contributed by atoms with Crippen molar-refractivity contribution >= 4 is 40.6 Å². The van der Waals surface area contributed by atoms with Gasteiger partial charge in [-0.25, -0.2) is 0 Å². The predicted molar refractivity (Wildman–Crippen MR) is 127 cm³/mol. The number of aliphatic hydroxyl groups is 1. The molecule has 0 aromatic heterocycles. The molecule has 2 aromatic carbocycles. The number of ketones is 1. The quantitative estimate of drug-likeness (QED) is 0.409. The first kappa shape index (κ1) is 22.6. The van der Waals surface area contributed by atoms with E-state index in [1.807, 2.05) is 0 Å². The number of nitrogens with zero attached hydrogens (tertiary/aromatic N) is 3. The molecule has 2 amide bonds. The predicted octanol–water partition coefficient (Wildman–Crippen LogP) is 2.22. The third kappa shape index (κ3) is 3.25. The first-order valence-electron chi connectivity index (χ1n) is 11.1. The van der Waals surface area contributed by atoms with E-state index < -0.39 is 28.9 Å². The number of benzene rings is 2. The van der Waals surface area contributed by atoms with Gasteiger partial charge < -0.3 is 19.6 Å². The molecule has 1 spiro atoms. The molecule has 2 aromatic rings. The lowest BCUT2D eigenvalue weighted by molar-refractivity contribution is -0.144. The number of morpholine rings is 1. The molecule has 3 aliphatic rings. The van der Waals surface area contributed by atoms with Gasteiger partial charge in [-0.1, -0.05) is 29.8 Å². The Balaban J connectivity index is 1.69. The first-order chi connectivity index (χ1) is 16.4. The number of amides is 2. The molecule has 176 valence electrons. The Bertz CT molecular complexity index is 1210. The molecule has 3 aliphatic heterocycles. The Hall–Kier alpha value is -3.20. The van der Waals surface area contributed by atoms with Gasteiger partial charge in [-0.05, 0) is 30.3 Å². The zero-order valence-corrected chi connectivity index (χ0v) is 19.4. The number of aliphatic hydroxyl groups excluding tert-OH is 1. The molecular weight excluding hydrogens is 458 g/mol. The second-order valence-corrected chi connectivity index (χ2v) is 9.00. The van der Waals surface area contributed by atoms with Crippen LogP contribution in [0.1, 0.15) is 11.1 Å². The molecule has 0 radical (unpaired) electrons. The van der Waals surface area contributed by atoms with Gasteiger partial charge in [-0.3, -0.25) is 19.3 Å². The van der Waals surface area contributed by atoms with E-state index in [0.717, 1.165) is 0 Å². The van der Waals surface area contributed by atoms with Gasteiger partial charge in [0.25, 0.3) is 17.6 Å². The summed E-state index contributed by atoms with van der Waals surface area (Å²) in [7, 11) is 1.61. The fourth-order valence-electron chi connectivity index (χ4n) is 5.09. The number of hydrogen-bond acceptors (Lipinski definition) is 6. The highest BCUT2D eigenvalue weighted by molar-refractivity contribution is 6.50. The minimum Gasteiger partial charge on any atom is -0.507 e. The summed E-state index contributed by atoms with van der Waals surface area (Å²) in [6.45, 7) is 3.20. The van der Waals surface area contributed by atoms with Crippen LogP contribution in [-0.4, -0.2) is 78.9 Å². The summed E-state index contributed by atoms with van der Waals surface area (Å²) in [6, 6.07) is 13.3. The maximum atomic E-state index is 13.9. The average molecular weight is 482 g/mol. The number of hydrogen-bond donors (Lipinski definition) is 1. The van der Waals surface area contributed by atoms with Gasteiger partial charge in [0.2, 0.25) is 0 Å². The number of likely N-dealkylation sites (N-methyl/N-ethyl adjacent to an activating group) is 1. The second kappa shape index (κ2) is 8.54. The smallest absolute Gasteiger partial charge is 0.296 e. The molecule has 1 unspecified atom stereocenters. The fraction of sp³-hybridized carbons (Fsp3) is 0.320. The Kier molecular flexibility index (Phi) is 5.67. The van der Waals surface area contributed by atoms with Crippen molar-refractivity contribution in [3.05, 3.63) is 70.3 Å². The van der Waals surface area contributed by atoms with E-state index in [1.165, 1.54) is 9.80 Å². The van der Waals surface area contributed by atoms with Crippen LogP contribution in [0.5, 0.6) is 0 Å². The number of halogens is 1. The van der Waals surface area contributed by atoms with Crippen LogP contribution in [0.3, 0.4) is 0 Å². The van der Waals surface area contributed by atoms with Gasteiger partial charge in [0.1, 0.15) is 5.76 Å². The Morgan fingerprint density at radius 3 is 2.41 bits per heavy atom. The monoisotopic (exact) mass is 481 g/mol. The molecule has 34 heavy (non-hydrogen) atoms. The summed E-state index contributed by atoms with van der Waals surface area (Å²) in [5.41, 5.74) is -0.569. The van der Waals surface area contributed by atoms with Crippen molar-refractivity contribution in [3.8, 4) is 0 Å². The van der Waals surface area contributed by atoms with Crippen LogP contribution in [0, 0.1) is 0 Å². The maximum absolute atomic E-state index is 13.9. The van der Waals surface area contributed by atoms with Crippen molar-refractivity contribution < 1.29 is 24.2 Å². The molecule has 2 fully saturated rings. The van der Waals surface area contributed by atoms with E-state index in [0.29, 0.717) is 54.7 Å². The van der Waals surface area contributed by atoms with E-state index >= 15 is 0 Å². The summed E-state index contributed by atoms with van der Waals surface area (Å²) in [5.74, 6) is -2.54. The Morgan fingerprint density at radius 2 is 1.71 bits per heavy atom. The van der Waals surface area contributed by atoms with Crippen LogP contribution in [0.25, 0.3) is 5.76 Å². The van der Waals surface area contributed by atoms with Crippen LogP contribution in [0.15, 0.2) is 54.1 Å². The maximum Gasteiger partial charge on any atom is 0.296 e. The normalized spacial score (nSPS) is 24.4. The van der Waals surface area contributed by atoms with Gasteiger partial charge in [-0.15, -0.1) is 0 Å². The lowest BCUT2D eigenvalue weighted by Crippen LogP contribution is -2.53. The summed E-state index contributed by atoms with van der Waals surface area (Å²) in [5, 5.41) is 11.8. The number of likely N-dealkylation sites (tertiary alicyclic amines) is 1. The average Bonchev–Trinajstić information content (AvgIpc) is 3.22. The highest BCUT2D eigenvalue weighted by Gasteiger charge is 2.66. The van der Waals surface area contributed by atoms with Gasteiger partial charge in [-0.2, -0.15) is 0 Å². The molecule has 9 heteroatoms. The van der Waals surface area contributed by atoms with Crippen LogP contribution >= 0.6 is 11.6 Å². The number of fused-ring (bicyclic) bond motifs is 2. The molecule has 8 nitrogen and oxygen atoms in total. The summed E-state index contributed by atoms with van der Waals surface area (Å²) < 4.78 is 5.40. The van der Waals surface area contributed by atoms with Gasteiger partial charge in [0.15, 0.2) is 5.54 Å². The van der Waals surface area contributed by atoms with Gasteiger partial charge >= 0.3 is 0 Å². The number of rotatable bonds is 4. The lowest BCUT2D eigenvalue weighted by Gasteiger charge is -2.36. The van der Waals surface area contributed by atoms with Crippen molar-refractivity contribution in [2.45, 2.75) is 5.54 Å². The molecule has 1 atom stereocenters. The van der Waals surface area contributed by atoms with Crippen molar-refractivity contribution in [2.75, 3.05) is 51.3 Å². The number of ether oxygens (including phenoxy) is 1. The Labute approximate surface area is 202 Å². The number of Topliss-reactive ketones (excluding diaryl/α,β-unsaturated/α-hetero) is 1. The zero-order chi connectivity index (χ0) is 24.0. The highest BCUT2D eigenvalue weighted by atomic mass is 35.5. The standard InChI is InChI=1S/C25H24ClN3O5/c1-27-19-5-3-2-4-18(19)25(24(27)33)20(21(30)16-6-8-17(26)9-7-16)22(31)23(32)29(25)11-10-28-12-14-34-15-13-28/h2-9,30H,10-15H2,1H3. The first-order valence-corrected chi connectivity index (χ1v) is 11.5. The fourth-order valence-corrected chi connectivity index (χ4v) is 5.22. The lowest BCUT2D eigenvalue weighted by atomic mass is 9.82. The third-order valence-corrected chi connectivity index (χ3v) is 7.05. The minimum absolute atomic E-state index is 0.149. The molecule has 5 rings (SSSR count). The molecule has 3 heterocycles. The molecular formula is C25H24ClN3O5. The van der Waals surface area contributed by atoms with Crippen LogP contribution in [0.2, 0.25) is 5.02 Å².